The highest BCUT2D eigenvalue weighted by atomic mass is 19.4. The fourth-order valence-electron chi connectivity index (χ4n) is 1.15. The zero-order valence-electron chi connectivity index (χ0n) is 9.67. The van der Waals surface area contributed by atoms with Crippen LogP contribution >= 0.6 is 0 Å². The van der Waals surface area contributed by atoms with Crippen molar-refractivity contribution in [3.05, 3.63) is 0 Å². The Kier molecular flexibility index (Phi) is 5.98. The maximum Gasteiger partial charge on any atom is 0.391 e. The Balaban J connectivity index is 4.36. The molecule has 2 unspecified atom stereocenters. The van der Waals surface area contributed by atoms with E-state index in [0.717, 1.165) is 0 Å². The molecule has 0 heterocycles. The van der Waals surface area contributed by atoms with Gasteiger partial charge in [-0.25, -0.2) is 4.79 Å². The number of amides is 1. The van der Waals surface area contributed by atoms with Crippen molar-refractivity contribution in [3.8, 4) is 0 Å². The summed E-state index contributed by atoms with van der Waals surface area (Å²) < 4.78 is 36.1. The first kappa shape index (κ1) is 15.7. The number of carbonyl (C=O) groups is 2. The van der Waals surface area contributed by atoms with E-state index in [1.807, 2.05) is 12.2 Å². The van der Waals surface area contributed by atoms with Crippen LogP contribution < -0.4 is 5.32 Å². The van der Waals surface area contributed by atoms with Gasteiger partial charge in [-0.15, -0.1) is 0 Å². The number of nitrogens with one attached hydrogen (secondary N) is 1. The molecule has 4 nitrogen and oxygen atoms in total. The molecule has 0 fully saturated rings. The molecule has 2 atom stereocenters. The van der Waals surface area contributed by atoms with Crippen LogP contribution in [0.2, 0.25) is 0 Å². The number of aliphatic carboxylic acids is 1. The number of halogens is 3. The zero-order valence-corrected chi connectivity index (χ0v) is 9.67. The monoisotopic (exact) mass is 255 g/mol. The lowest BCUT2D eigenvalue weighted by molar-refractivity contribution is -0.160. The van der Waals surface area contributed by atoms with Crippen molar-refractivity contribution in [3.63, 3.8) is 0 Å². The first-order valence-electron chi connectivity index (χ1n) is 5.24. The number of carbonyl (C=O) groups excluding carboxylic acids is 1. The third-order valence-corrected chi connectivity index (χ3v) is 2.30. The minimum atomic E-state index is -4.62. The average molecular weight is 255 g/mol. The third kappa shape index (κ3) is 7.59. The minimum Gasteiger partial charge on any atom is -0.480 e. The summed E-state index contributed by atoms with van der Waals surface area (Å²) in [6, 6.07) is -1.91. The highest BCUT2D eigenvalue weighted by Crippen LogP contribution is 2.21. The topological polar surface area (TPSA) is 66.4 Å². The number of carboxylic acids is 1. The van der Waals surface area contributed by atoms with Crippen LogP contribution in [0, 0.1) is 5.92 Å². The van der Waals surface area contributed by atoms with Crippen molar-refractivity contribution in [2.75, 3.05) is 0 Å². The van der Waals surface area contributed by atoms with Crippen molar-refractivity contribution >= 4 is 11.9 Å². The SMILES string of the molecule is CCC(C)CC(=O)NC(CC(F)(F)F)C(=O)O. The first-order valence-corrected chi connectivity index (χ1v) is 5.24. The number of alkyl halides is 3. The fourth-order valence-corrected chi connectivity index (χ4v) is 1.15. The molecule has 0 aliphatic heterocycles. The van der Waals surface area contributed by atoms with Crippen LogP contribution in [0.15, 0.2) is 0 Å². The Labute approximate surface area is 97.2 Å². The van der Waals surface area contributed by atoms with Gasteiger partial charge in [-0.05, 0) is 5.92 Å². The summed E-state index contributed by atoms with van der Waals surface area (Å²) in [6.45, 7) is 3.60. The molecule has 0 aromatic rings. The highest BCUT2D eigenvalue weighted by molar-refractivity contribution is 5.83. The van der Waals surface area contributed by atoms with Gasteiger partial charge in [-0.2, -0.15) is 13.2 Å². The lowest BCUT2D eigenvalue weighted by Gasteiger charge is -2.17. The predicted octanol–water partition coefficient (Wildman–Crippen LogP) is 1.94. The van der Waals surface area contributed by atoms with Crippen LogP contribution in [-0.2, 0) is 9.59 Å². The molecule has 0 rings (SSSR count). The van der Waals surface area contributed by atoms with Gasteiger partial charge in [0.05, 0.1) is 6.42 Å². The fraction of sp³-hybridized carbons (Fsp3) is 0.800. The predicted molar refractivity (Wildman–Crippen MR) is 54.3 cm³/mol. The van der Waals surface area contributed by atoms with E-state index in [1.54, 1.807) is 6.92 Å². The molecule has 0 spiro atoms. The zero-order chi connectivity index (χ0) is 13.6. The van der Waals surface area contributed by atoms with E-state index in [9.17, 15) is 22.8 Å². The van der Waals surface area contributed by atoms with Gasteiger partial charge in [0.2, 0.25) is 5.91 Å². The van der Waals surface area contributed by atoms with E-state index in [0.29, 0.717) is 6.42 Å². The maximum atomic E-state index is 12.0. The Morgan fingerprint density at radius 3 is 2.24 bits per heavy atom. The summed E-state index contributed by atoms with van der Waals surface area (Å²) in [6.07, 6.45) is -5.45. The lowest BCUT2D eigenvalue weighted by atomic mass is 10.0. The summed E-state index contributed by atoms with van der Waals surface area (Å²) in [5.41, 5.74) is 0. The van der Waals surface area contributed by atoms with Gasteiger partial charge in [0, 0.05) is 6.42 Å². The number of hydrogen-bond acceptors (Lipinski definition) is 2. The molecule has 0 aliphatic rings. The van der Waals surface area contributed by atoms with Crippen LogP contribution in [0.5, 0.6) is 0 Å². The van der Waals surface area contributed by atoms with Gasteiger partial charge in [0.25, 0.3) is 0 Å². The van der Waals surface area contributed by atoms with Gasteiger partial charge < -0.3 is 10.4 Å². The molecule has 1 amide bonds. The molecule has 0 bridgehead atoms. The van der Waals surface area contributed by atoms with E-state index in [2.05, 4.69) is 0 Å². The van der Waals surface area contributed by atoms with Crippen LogP contribution in [0.4, 0.5) is 13.2 Å². The second-order valence-electron chi connectivity index (χ2n) is 4.00. The van der Waals surface area contributed by atoms with Crippen LogP contribution in [-0.4, -0.2) is 29.2 Å². The lowest BCUT2D eigenvalue weighted by Crippen LogP contribution is -2.43. The van der Waals surface area contributed by atoms with Gasteiger partial charge >= 0.3 is 12.1 Å². The quantitative estimate of drug-likeness (QED) is 0.762. The van der Waals surface area contributed by atoms with E-state index < -0.39 is 30.5 Å². The molecule has 0 aromatic heterocycles. The number of rotatable bonds is 6. The first-order chi connectivity index (χ1) is 7.65. The highest BCUT2D eigenvalue weighted by Gasteiger charge is 2.36. The standard InChI is InChI=1S/C10H16F3NO3/c1-3-6(2)4-8(15)14-7(9(16)17)5-10(11,12)13/h6-7H,3-5H2,1-2H3,(H,14,15)(H,16,17). The second kappa shape index (κ2) is 6.46. The van der Waals surface area contributed by atoms with Crippen LogP contribution in [0.1, 0.15) is 33.1 Å². The van der Waals surface area contributed by atoms with Crippen molar-refractivity contribution in [1.29, 1.82) is 0 Å². The second-order valence-corrected chi connectivity index (χ2v) is 4.00. The average Bonchev–Trinajstić information content (AvgIpc) is 2.14. The Morgan fingerprint density at radius 1 is 1.35 bits per heavy atom. The smallest absolute Gasteiger partial charge is 0.391 e. The van der Waals surface area contributed by atoms with Gasteiger partial charge in [-0.1, -0.05) is 20.3 Å². The Morgan fingerprint density at radius 2 is 1.88 bits per heavy atom. The van der Waals surface area contributed by atoms with E-state index in [-0.39, 0.29) is 12.3 Å². The molecular weight excluding hydrogens is 239 g/mol. The molecule has 7 heteroatoms. The molecule has 0 saturated carbocycles. The summed E-state index contributed by atoms with van der Waals surface area (Å²) in [5, 5.41) is 10.4. The number of hydrogen-bond donors (Lipinski definition) is 2. The van der Waals surface area contributed by atoms with E-state index in [1.165, 1.54) is 0 Å². The summed E-state index contributed by atoms with van der Waals surface area (Å²) >= 11 is 0. The maximum absolute atomic E-state index is 12.0. The van der Waals surface area contributed by atoms with Gasteiger partial charge in [0.1, 0.15) is 6.04 Å². The van der Waals surface area contributed by atoms with E-state index in [4.69, 9.17) is 5.11 Å². The summed E-state index contributed by atoms with van der Waals surface area (Å²) in [7, 11) is 0. The van der Waals surface area contributed by atoms with Crippen molar-refractivity contribution < 1.29 is 27.9 Å². The van der Waals surface area contributed by atoms with Crippen molar-refractivity contribution in [1.82, 2.24) is 5.32 Å². The summed E-state index contributed by atoms with van der Waals surface area (Å²) in [5.74, 6) is -2.34. The molecule has 17 heavy (non-hydrogen) atoms. The van der Waals surface area contributed by atoms with Crippen molar-refractivity contribution in [2.45, 2.75) is 45.3 Å². The van der Waals surface area contributed by atoms with Crippen LogP contribution in [0.25, 0.3) is 0 Å². The molecule has 0 aliphatic carbocycles. The number of carboxylic acid groups (broad SMARTS) is 1. The van der Waals surface area contributed by atoms with Gasteiger partial charge in [-0.3, -0.25) is 4.79 Å². The molecule has 2 N–H and O–H groups in total. The largest absolute Gasteiger partial charge is 0.480 e. The Bertz CT molecular complexity index is 278. The molecule has 100 valence electrons. The molecular formula is C10H16F3NO3. The van der Waals surface area contributed by atoms with Crippen molar-refractivity contribution in [2.24, 2.45) is 5.92 Å². The molecule has 0 aromatic carbocycles. The summed E-state index contributed by atoms with van der Waals surface area (Å²) in [4.78, 5) is 21.8. The molecule has 0 saturated heterocycles. The van der Waals surface area contributed by atoms with Gasteiger partial charge in [0.15, 0.2) is 0 Å². The minimum absolute atomic E-state index is 0.00957. The Hall–Kier alpha value is -1.27. The molecule has 0 radical (unpaired) electrons. The normalized spacial score (nSPS) is 15.1. The van der Waals surface area contributed by atoms with Crippen LogP contribution in [0.3, 0.4) is 0 Å². The van der Waals surface area contributed by atoms with E-state index >= 15 is 0 Å². The third-order valence-electron chi connectivity index (χ3n) is 2.30.